The van der Waals surface area contributed by atoms with Gasteiger partial charge >= 0.3 is 6.18 Å². The molecule has 10 nitrogen and oxygen atoms in total. The summed E-state index contributed by atoms with van der Waals surface area (Å²) in [6, 6.07) is 7.20. The topological polar surface area (TPSA) is 93.6 Å². The van der Waals surface area contributed by atoms with Gasteiger partial charge in [-0.25, -0.2) is 4.98 Å². The molecule has 0 aliphatic carbocycles. The van der Waals surface area contributed by atoms with Crippen molar-refractivity contribution in [2.45, 2.75) is 32.5 Å². The van der Waals surface area contributed by atoms with Gasteiger partial charge in [-0.15, -0.1) is 5.53 Å². The van der Waals surface area contributed by atoms with Crippen molar-refractivity contribution in [3.63, 3.8) is 0 Å². The number of carbonyl (C=O) groups is 1. The molecular formula is C27H32F3N9O. The zero-order valence-corrected chi connectivity index (χ0v) is 23.0. The number of pyridine rings is 1. The highest BCUT2D eigenvalue weighted by Crippen LogP contribution is 2.34. The van der Waals surface area contributed by atoms with Crippen LogP contribution >= 0.6 is 0 Å². The fraction of sp³-hybridized carbons (Fsp3) is 0.370. The molecule has 1 aromatic carbocycles. The number of halogens is 3. The van der Waals surface area contributed by atoms with Crippen LogP contribution in [-0.4, -0.2) is 58.8 Å². The van der Waals surface area contributed by atoms with Gasteiger partial charge in [0, 0.05) is 49.2 Å². The fourth-order valence-corrected chi connectivity index (χ4v) is 4.82. The van der Waals surface area contributed by atoms with Crippen molar-refractivity contribution in [3.8, 4) is 0 Å². The van der Waals surface area contributed by atoms with E-state index >= 15 is 0 Å². The van der Waals surface area contributed by atoms with Crippen molar-refractivity contribution >= 4 is 28.9 Å². The summed E-state index contributed by atoms with van der Waals surface area (Å²) >= 11 is 0. The molecule has 2 aliphatic rings. The maximum atomic E-state index is 13.8. The van der Waals surface area contributed by atoms with Gasteiger partial charge in [-0.05, 0) is 64.2 Å². The second-order valence-corrected chi connectivity index (χ2v) is 10.3. The summed E-state index contributed by atoms with van der Waals surface area (Å²) in [5, 5.41) is 8.59. The predicted molar refractivity (Wildman–Crippen MR) is 147 cm³/mol. The highest BCUT2D eigenvalue weighted by molar-refractivity contribution is 6.04. The van der Waals surface area contributed by atoms with E-state index in [9.17, 15) is 18.0 Å². The minimum absolute atomic E-state index is 0.152. The van der Waals surface area contributed by atoms with Crippen LogP contribution in [0.1, 0.15) is 39.2 Å². The smallest absolute Gasteiger partial charge is 0.355 e. The van der Waals surface area contributed by atoms with E-state index in [0.717, 1.165) is 41.1 Å². The molecule has 2 aliphatic heterocycles. The summed E-state index contributed by atoms with van der Waals surface area (Å²) in [4.78, 5) is 21.5. The van der Waals surface area contributed by atoms with E-state index in [4.69, 9.17) is 0 Å². The molecule has 1 fully saturated rings. The molecule has 40 heavy (non-hydrogen) atoms. The molecule has 0 bridgehead atoms. The number of anilines is 3. The van der Waals surface area contributed by atoms with Crippen molar-refractivity contribution in [2.75, 3.05) is 42.4 Å². The van der Waals surface area contributed by atoms with Crippen LogP contribution < -0.4 is 26.2 Å². The molecule has 0 saturated carbocycles. The second-order valence-electron chi connectivity index (χ2n) is 10.3. The third-order valence-corrected chi connectivity index (χ3v) is 7.42. The number of benzene rings is 1. The zero-order valence-electron chi connectivity index (χ0n) is 23.0. The maximum Gasteiger partial charge on any atom is 0.416 e. The summed E-state index contributed by atoms with van der Waals surface area (Å²) in [5.74, 6) is -0.527. The number of alkyl halides is 3. The summed E-state index contributed by atoms with van der Waals surface area (Å²) in [6.07, 6.45) is -0.157. The fourth-order valence-electron chi connectivity index (χ4n) is 4.82. The number of likely N-dealkylation sites (N-methyl/N-ethyl adjacent to an activating group) is 1. The van der Waals surface area contributed by atoms with E-state index in [1.54, 1.807) is 34.1 Å². The van der Waals surface area contributed by atoms with Gasteiger partial charge in [0.2, 0.25) is 0 Å². The largest absolute Gasteiger partial charge is 0.416 e. The third-order valence-electron chi connectivity index (χ3n) is 7.42. The molecule has 5 rings (SSSR count). The summed E-state index contributed by atoms with van der Waals surface area (Å²) < 4.78 is 43.0. The molecule has 3 aromatic rings. The Bertz CT molecular complexity index is 1460. The van der Waals surface area contributed by atoms with Crippen molar-refractivity contribution < 1.29 is 18.0 Å². The summed E-state index contributed by atoms with van der Waals surface area (Å²) in [7, 11) is 5.75. The van der Waals surface area contributed by atoms with Gasteiger partial charge in [0.25, 0.3) is 5.91 Å². The molecular weight excluding hydrogens is 523 g/mol. The quantitative estimate of drug-likeness (QED) is 0.425. The SMILES string of the molecule is Cc1ccc(C(=O)Nc2cc(C(F)(F)F)cc(N3CCC(N(C)C)C3)n2)cc1N1C=C(c2cnn(C)c2C)NN1. The Kier molecular flexibility index (Phi) is 7.19. The average Bonchev–Trinajstić information content (AvgIpc) is 3.65. The first-order valence-corrected chi connectivity index (χ1v) is 12.8. The van der Waals surface area contributed by atoms with E-state index in [2.05, 4.69) is 26.4 Å². The van der Waals surface area contributed by atoms with Crippen LogP contribution in [0.25, 0.3) is 5.70 Å². The van der Waals surface area contributed by atoms with Crippen molar-refractivity contribution in [1.29, 1.82) is 0 Å². The number of carbonyl (C=O) groups excluding carboxylic acids is 1. The van der Waals surface area contributed by atoms with Crippen LogP contribution in [-0.2, 0) is 13.2 Å². The van der Waals surface area contributed by atoms with E-state index in [1.807, 2.05) is 51.0 Å². The van der Waals surface area contributed by atoms with Crippen molar-refractivity contribution in [3.05, 3.63) is 70.7 Å². The first-order chi connectivity index (χ1) is 18.9. The van der Waals surface area contributed by atoms with E-state index < -0.39 is 17.6 Å². The first kappa shape index (κ1) is 27.5. The molecule has 1 saturated heterocycles. The lowest BCUT2D eigenvalue weighted by molar-refractivity contribution is -0.137. The average molecular weight is 556 g/mol. The highest BCUT2D eigenvalue weighted by Gasteiger charge is 2.34. The van der Waals surface area contributed by atoms with Gasteiger partial charge in [0.05, 0.1) is 23.1 Å². The number of amides is 1. The summed E-state index contributed by atoms with van der Waals surface area (Å²) in [6.45, 7) is 5.00. The van der Waals surface area contributed by atoms with Crippen molar-refractivity contribution in [2.24, 2.45) is 7.05 Å². The molecule has 1 unspecified atom stereocenters. The van der Waals surface area contributed by atoms with Gasteiger partial charge in [-0.2, -0.15) is 18.3 Å². The zero-order chi connectivity index (χ0) is 28.8. The molecule has 1 amide bonds. The normalized spacial score (nSPS) is 17.4. The number of hydrogen-bond acceptors (Lipinski definition) is 8. The van der Waals surface area contributed by atoms with Crippen LogP contribution in [0.3, 0.4) is 0 Å². The summed E-state index contributed by atoms with van der Waals surface area (Å²) in [5.41, 5.74) is 9.88. The lowest BCUT2D eigenvalue weighted by atomic mass is 10.1. The van der Waals surface area contributed by atoms with Crippen LogP contribution in [0.15, 0.2) is 42.7 Å². The number of hydrogen-bond donors (Lipinski definition) is 3. The number of nitrogens with one attached hydrogen (secondary N) is 3. The monoisotopic (exact) mass is 555 g/mol. The molecule has 0 spiro atoms. The third kappa shape index (κ3) is 5.47. The molecule has 1 atom stereocenters. The first-order valence-electron chi connectivity index (χ1n) is 12.8. The molecule has 212 valence electrons. The number of rotatable bonds is 6. The Balaban J connectivity index is 1.39. The predicted octanol–water partition coefficient (Wildman–Crippen LogP) is 3.67. The van der Waals surface area contributed by atoms with Crippen molar-refractivity contribution in [1.82, 2.24) is 30.6 Å². The maximum absolute atomic E-state index is 13.8. The molecule has 4 heterocycles. The molecule has 2 aromatic heterocycles. The minimum atomic E-state index is -4.58. The Morgan fingerprint density at radius 3 is 2.60 bits per heavy atom. The van der Waals surface area contributed by atoms with Gasteiger partial charge < -0.3 is 20.5 Å². The number of nitrogens with zero attached hydrogens (tertiary/aromatic N) is 6. The standard InChI is InChI=1S/C27H32F3N9O/c1-16-6-7-18(10-23(16)39-15-22(34-35-39)21-13-31-37(5)17(21)2)26(40)33-24-11-19(27(28,29)30)12-25(32-24)38-9-8-20(14-38)36(3)4/h6-7,10-13,15,20,34-35H,8-9,14H2,1-5H3,(H,32,33,40). The van der Waals surface area contributed by atoms with E-state index in [-0.39, 0.29) is 23.2 Å². The number of hydrazine groups is 2. The molecule has 3 N–H and O–H groups in total. The van der Waals surface area contributed by atoms with Gasteiger partial charge in [-0.3, -0.25) is 14.5 Å². The lowest BCUT2D eigenvalue weighted by Gasteiger charge is -2.22. The Morgan fingerprint density at radius 1 is 1.18 bits per heavy atom. The van der Waals surface area contributed by atoms with Crippen LogP contribution in [0.5, 0.6) is 0 Å². The highest BCUT2D eigenvalue weighted by atomic mass is 19.4. The van der Waals surface area contributed by atoms with Crippen LogP contribution in [0, 0.1) is 13.8 Å². The van der Waals surface area contributed by atoms with Crippen LogP contribution in [0.4, 0.5) is 30.5 Å². The van der Waals surface area contributed by atoms with E-state index in [0.29, 0.717) is 18.8 Å². The minimum Gasteiger partial charge on any atom is -0.355 e. The Morgan fingerprint density at radius 2 is 1.95 bits per heavy atom. The molecule has 0 radical (unpaired) electrons. The van der Waals surface area contributed by atoms with Gasteiger partial charge in [0.1, 0.15) is 11.6 Å². The van der Waals surface area contributed by atoms with Gasteiger partial charge in [-0.1, -0.05) is 6.07 Å². The Labute approximate surface area is 230 Å². The van der Waals surface area contributed by atoms with Crippen LogP contribution in [0.2, 0.25) is 0 Å². The number of aryl methyl sites for hydroxylation is 2. The Hall–Kier alpha value is -4.10. The van der Waals surface area contributed by atoms with Gasteiger partial charge in [0.15, 0.2) is 0 Å². The lowest BCUT2D eigenvalue weighted by Crippen LogP contribution is -2.36. The molecule has 13 heteroatoms. The number of aromatic nitrogens is 3. The second kappa shape index (κ2) is 10.5. The van der Waals surface area contributed by atoms with E-state index in [1.165, 1.54) is 0 Å².